The van der Waals surface area contributed by atoms with Crippen molar-refractivity contribution in [1.82, 2.24) is 0 Å². The van der Waals surface area contributed by atoms with E-state index in [0.717, 1.165) is 0 Å². The van der Waals surface area contributed by atoms with E-state index in [1.54, 1.807) is 4.90 Å². The lowest BCUT2D eigenvalue weighted by Gasteiger charge is -2.29. The molecule has 1 saturated heterocycles. The molecule has 0 atom stereocenters. The molecule has 0 unspecified atom stereocenters. The number of nitrogens with zero attached hydrogens (tertiary/aromatic N) is 1. The molecule has 0 saturated carbocycles. The minimum Gasteiger partial charge on any atom is -0.397 e. The van der Waals surface area contributed by atoms with Gasteiger partial charge >= 0.3 is 0 Å². The van der Waals surface area contributed by atoms with E-state index in [0.29, 0.717) is 24.5 Å². The first-order chi connectivity index (χ1) is 8.69. The Morgan fingerprint density at radius 1 is 1.16 bits per heavy atom. The maximum Gasteiger partial charge on any atom is 0.238 e. The van der Waals surface area contributed by atoms with Crippen LogP contribution in [0.15, 0.2) is 23.1 Å². The number of sulfonamides is 1. The van der Waals surface area contributed by atoms with Gasteiger partial charge in [-0.15, -0.1) is 0 Å². The molecular formula is C10H15N3O4S2. The van der Waals surface area contributed by atoms with Crippen LogP contribution in [-0.4, -0.2) is 41.4 Å². The number of hydrogen-bond acceptors (Lipinski definition) is 6. The molecule has 0 bridgehead atoms. The van der Waals surface area contributed by atoms with Gasteiger partial charge in [0.2, 0.25) is 10.0 Å². The fourth-order valence-electron chi connectivity index (χ4n) is 1.93. The van der Waals surface area contributed by atoms with Gasteiger partial charge in [0.15, 0.2) is 9.84 Å². The molecule has 1 fully saturated rings. The summed E-state index contributed by atoms with van der Waals surface area (Å²) in [5.74, 6) is 0.0675. The summed E-state index contributed by atoms with van der Waals surface area (Å²) in [6.45, 7) is 0.585. The van der Waals surface area contributed by atoms with Crippen molar-refractivity contribution in [3.8, 4) is 0 Å². The van der Waals surface area contributed by atoms with Crippen LogP contribution in [0.2, 0.25) is 0 Å². The lowest BCUT2D eigenvalue weighted by molar-refractivity contribution is 0.586. The first-order valence-electron chi connectivity index (χ1n) is 5.57. The average molecular weight is 305 g/mol. The Kier molecular flexibility index (Phi) is 3.45. The van der Waals surface area contributed by atoms with Gasteiger partial charge in [0.1, 0.15) is 0 Å². The second-order valence-electron chi connectivity index (χ2n) is 4.40. The molecule has 0 radical (unpaired) electrons. The van der Waals surface area contributed by atoms with Crippen molar-refractivity contribution in [3.05, 3.63) is 18.2 Å². The zero-order valence-corrected chi connectivity index (χ0v) is 11.7. The maximum absolute atomic E-state index is 11.4. The highest BCUT2D eigenvalue weighted by Crippen LogP contribution is 2.27. The molecule has 7 nitrogen and oxygen atoms in total. The fourth-order valence-corrected chi connectivity index (χ4v) is 3.66. The van der Waals surface area contributed by atoms with Gasteiger partial charge in [-0.1, -0.05) is 0 Å². The highest BCUT2D eigenvalue weighted by Gasteiger charge is 2.23. The summed E-state index contributed by atoms with van der Waals surface area (Å²) in [6, 6.07) is 4.16. The minimum absolute atomic E-state index is 0.0338. The molecule has 1 aliphatic heterocycles. The molecule has 0 aliphatic carbocycles. The van der Waals surface area contributed by atoms with Crippen molar-refractivity contribution < 1.29 is 16.8 Å². The number of rotatable bonds is 2. The number of sulfone groups is 1. The number of primary sulfonamides is 1. The molecule has 0 amide bonds. The van der Waals surface area contributed by atoms with Gasteiger partial charge in [-0.2, -0.15) is 0 Å². The van der Waals surface area contributed by atoms with Crippen molar-refractivity contribution in [3.63, 3.8) is 0 Å². The molecule has 1 heterocycles. The van der Waals surface area contributed by atoms with E-state index < -0.39 is 19.9 Å². The third-order valence-corrected chi connectivity index (χ3v) is 5.54. The normalized spacial score (nSPS) is 19.3. The first-order valence-corrected chi connectivity index (χ1v) is 8.93. The Labute approximate surface area is 112 Å². The van der Waals surface area contributed by atoms with E-state index >= 15 is 0 Å². The molecule has 4 N–H and O–H groups in total. The topological polar surface area (TPSA) is 124 Å². The van der Waals surface area contributed by atoms with Gasteiger partial charge in [-0.25, -0.2) is 22.0 Å². The summed E-state index contributed by atoms with van der Waals surface area (Å²) in [6.07, 6.45) is 0. The lowest BCUT2D eigenvalue weighted by atomic mass is 10.2. The maximum atomic E-state index is 11.4. The van der Waals surface area contributed by atoms with E-state index in [1.165, 1.54) is 18.2 Å². The summed E-state index contributed by atoms with van der Waals surface area (Å²) in [7, 11) is -6.80. The Hall–Kier alpha value is -1.32. The number of nitrogen functional groups attached to an aromatic ring is 1. The number of nitrogens with two attached hydrogens (primary N) is 2. The highest BCUT2D eigenvalue weighted by atomic mass is 32.2. The molecule has 1 aromatic rings. The standard InChI is InChI=1S/C10H15N3O4S2/c11-9-2-1-8(19(12,16)17)7-10(9)13-3-5-18(14,15)6-4-13/h1-2,7H,3-6,11H2,(H2,12,16,17). The van der Waals surface area contributed by atoms with E-state index in [9.17, 15) is 16.8 Å². The van der Waals surface area contributed by atoms with E-state index in [1.807, 2.05) is 0 Å². The fraction of sp³-hybridized carbons (Fsp3) is 0.400. The number of benzene rings is 1. The lowest BCUT2D eigenvalue weighted by Crippen LogP contribution is -2.40. The van der Waals surface area contributed by atoms with Crippen LogP contribution in [0.3, 0.4) is 0 Å². The Bertz CT molecular complexity index is 683. The molecule has 1 aliphatic rings. The minimum atomic E-state index is -3.80. The Morgan fingerprint density at radius 3 is 2.26 bits per heavy atom. The third kappa shape index (κ3) is 3.17. The highest BCUT2D eigenvalue weighted by molar-refractivity contribution is 7.91. The molecule has 19 heavy (non-hydrogen) atoms. The zero-order chi connectivity index (χ0) is 14.3. The summed E-state index contributed by atoms with van der Waals surface area (Å²) < 4.78 is 45.3. The second-order valence-corrected chi connectivity index (χ2v) is 8.27. The Balaban J connectivity index is 2.35. The van der Waals surface area contributed by atoms with Crippen LogP contribution in [0.25, 0.3) is 0 Å². The monoisotopic (exact) mass is 305 g/mol. The molecule has 0 spiro atoms. The molecule has 2 rings (SSSR count). The van der Waals surface area contributed by atoms with E-state index in [-0.39, 0.29) is 16.4 Å². The van der Waals surface area contributed by atoms with Crippen LogP contribution < -0.4 is 15.8 Å². The summed E-state index contributed by atoms with van der Waals surface area (Å²) >= 11 is 0. The predicted octanol–water partition coefficient (Wildman–Crippen LogP) is -0.849. The van der Waals surface area contributed by atoms with Crippen LogP contribution in [0.4, 0.5) is 11.4 Å². The number of hydrogen-bond donors (Lipinski definition) is 2. The van der Waals surface area contributed by atoms with Crippen molar-refractivity contribution in [2.75, 3.05) is 35.2 Å². The summed E-state index contributed by atoms with van der Waals surface area (Å²) in [4.78, 5) is 1.72. The Morgan fingerprint density at radius 2 is 1.74 bits per heavy atom. The molecular weight excluding hydrogens is 290 g/mol. The van der Waals surface area contributed by atoms with Gasteiger partial charge in [-0.3, -0.25) is 0 Å². The van der Waals surface area contributed by atoms with E-state index in [2.05, 4.69) is 0 Å². The summed E-state index contributed by atoms with van der Waals surface area (Å²) in [5.41, 5.74) is 6.70. The molecule has 9 heteroatoms. The van der Waals surface area contributed by atoms with Gasteiger partial charge < -0.3 is 10.6 Å². The van der Waals surface area contributed by atoms with Gasteiger partial charge in [-0.05, 0) is 18.2 Å². The third-order valence-electron chi connectivity index (χ3n) is 3.02. The van der Waals surface area contributed by atoms with Crippen molar-refractivity contribution >= 4 is 31.2 Å². The summed E-state index contributed by atoms with van der Waals surface area (Å²) in [5, 5.41) is 5.07. The van der Waals surface area contributed by atoms with Crippen molar-refractivity contribution in [2.45, 2.75) is 4.90 Å². The first kappa shape index (κ1) is 14.1. The molecule has 1 aromatic carbocycles. The van der Waals surface area contributed by atoms with Crippen LogP contribution in [-0.2, 0) is 19.9 Å². The van der Waals surface area contributed by atoms with Crippen LogP contribution >= 0.6 is 0 Å². The van der Waals surface area contributed by atoms with Crippen LogP contribution in [0, 0.1) is 0 Å². The average Bonchev–Trinajstić information content (AvgIpc) is 2.29. The van der Waals surface area contributed by atoms with Gasteiger partial charge in [0.05, 0.1) is 27.8 Å². The molecule has 0 aromatic heterocycles. The quantitative estimate of drug-likeness (QED) is 0.686. The number of anilines is 2. The van der Waals surface area contributed by atoms with Crippen LogP contribution in [0.1, 0.15) is 0 Å². The second kappa shape index (κ2) is 4.66. The van der Waals surface area contributed by atoms with Gasteiger partial charge in [0.25, 0.3) is 0 Å². The molecule has 106 valence electrons. The smallest absolute Gasteiger partial charge is 0.238 e. The SMILES string of the molecule is Nc1ccc(S(N)(=O)=O)cc1N1CCS(=O)(=O)CC1. The van der Waals surface area contributed by atoms with Crippen molar-refractivity contribution in [2.24, 2.45) is 5.14 Å². The largest absolute Gasteiger partial charge is 0.397 e. The predicted molar refractivity (Wildman–Crippen MR) is 73.1 cm³/mol. The van der Waals surface area contributed by atoms with Crippen molar-refractivity contribution in [1.29, 1.82) is 0 Å². The van der Waals surface area contributed by atoms with Crippen LogP contribution in [0.5, 0.6) is 0 Å². The van der Waals surface area contributed by atoms with Gasteiger partial charge in [0, 0.05) is 13.1 Å². The zero-order valence-electron chi connectivity index (χ0n) is 10.1. The van der Waals surface area contributed by atoms with E-state index in [4.69, 9.17) is 10.9 Å².